The molecule has 0 N–H and O–H groups in total. The fourth-order valence-electron chi connectivity index (χ4n) is 1.50. The van der Waals surface area contributed by atoms with E-state index in [1.54, 1.807) is 0 Å². The van der Waals surface area contributed by atoms with Crippen molar-refractivity contribution in [1.29, 1.82) is 0 Å². The second kappa shape index (κ2) is 5.27. The van der Waals surface area contributed by atoms with Crippen molar-refractivity contribution < 1.29 is 21.6 Å². The van der Waals surface area contributed by atoms with Gasteiger partial charge in [-0.2, -0.15) is 13.2 Å². The van der Waals surface area contributed by atoms with Crippen LogP contribution in [0.3, 0.4) is 0 Å². The van der Waals surface area contributed by atoms with Crippen LogP contribution in [0.5, 0.6) is 0 Å². The van der Waals surface area contributed by atoms with Crippen LogP contribution in [-0.4, -0.2) is 24.6 Å². The average Bonchev–Trinajstić information content (AvgIpc) is 2.37. The molecule has 0 spiro atoms. The fraction of sp³-hybridized carbons (Fsp3) is 0.167. The molecule has 0 bridgehead atoms. The van der Waals surface area contributed by atoms with E-state index in [-0.39, 0.29) is 5.69 Å². The molecule has 0 amide bonds. The average molecular weight is 337 g/mol. The number of halogens is 4. The molecular formula is C12H8ClF3N2O2S. The summed E-state index contributed by atoms with van der Waals surface area (Å²) in [4.78, 5) is 6.74. The zero-order chi connectivity index (χ0) is 15.8. The lowest BCUT2D eigenvalue weighted by atomic mass is 10.1. The first-order chi connectivity index (χ1) is 9.57. The van der Waals surface area contributed by atoms with E-state index in [9.17, 15) is 21.6 Å². The molecule has 0 aliphatic carbocycles. The van der Waals surface area contributed by atoms with Gasteiger partial charge in [-0.3, -0.25) is 0 Å². The summed E-state index contributed by atoms with van der Waals surface area (Å²) in [5, 5.41) is -0.477. The van der Waals surface area contributed by atoms with Gasteiger partial charge in [-0.05, 0) is 18.2 Å². The van der Waals surface area contributed by atoms with Gasteiger partial charge in [0, 0.05) is 16.8 Å². The third-order valence-electron chi connectivity index (χ3n) is 2.47. The number of sulfone groups is 1. The smallest absolute Gasteiger partial charge is 0.221 e. The van der Waals surface area contributed by atoms with Crippen molar-refractivity contribution >= 4 is 21.4 Å². The van der Waals surface area contributed by atoms with Crippen molar-refractivity contribution in [2.24, 2.45) is 0 Å². The molecule has 2 aromatic rings. The Kier molecular flexibility index (Phi) is 3.94. The summed E-state index contributed by atoms with van der Waals surface area (Å²) >= 11 is 5.70. The Morgan fingerprint density at radius 2 is 1.67 bits per heavy atom. The van der Waals surface area contributed by atoms with Gasteiger partial charge in [-0.15, -0.1) is 0 Å². The number of nitrogens with zero attached hydrogens (tertiary/aromatic N) is 2. The molecule has 9 heteroatoms. The number of rotatable bonds is 2. The number of hydrogen-bond donors (Lipinski definition) is 0. The molecule has 1 heterocycles. The van der Waals surface area contributed by atoms with Gasteiger partial charge in [0.15, 0.2) is 0 Å². The summed E-state index contributed by atoms with van der Waals surface area (Å²) < 4.78 is 61.3. The minimum absolute atomic E-state index is 0.144. The summed E-state index contributed by atoms with van der Waals surface area (Å²) in [6, 6.07) is 6.50. The molecule has 21 heavy (non-hydrogen) atoms. The third kappa shape index (κ3) is 3.70. The maximum atomic E-state index is 12.8. The Bertz CT molecular complexity index is 774. The first kappa shape index (κ1) is 15.7. The van der Waals surface area contributed by atoms with Crippen molar-refractivity contribution in [3.8, 4) is 11.3 Å². The van der Waals surface area contributed by atoms with Crippen molar-refractivity contribution in [2.75, 3.05) is 6.26 Å². The normalized spacial score (nSPS) is 12.4. The number of aromatic nitrogens is 2. The molecule has 0 saturated carbocycles. The van der Waals surface area contributed by atoms with E-state index in [0.717, 1.165) is 6.26 Å². The molecule has 4 nitrogen and oxygen atoms in total. The van der Waals surface area contributed by atoms with Crippen LogP contribution < -0.4 is 0 Å². The topological polar surface area (TPSA) is 59.9 Å². The molecule has 0 saturated heterocycles. The Morgan fingerprint density at radius 3 is 2.14 bits per heavy atom. The van der Waals surface area contributed by atoms with Crippen molar-refractivity contribution in [3.63, 3.8) is 0 Å². The van der Waals surface area contributed by atoms with Gasteiger partial charge in [0.1, 0.15) is 5.69 Å². The molecular weight excluding hydrogens is 329 g/mol. The molecule has 0 aliphatic rings. The number of hydrogen-bond acceptors (Lipinski definition) is 4. The molecule has 0 radical (unpaired) electrons. The highest BCUT2D eigenvalue weighted by Gasteiger charge is 2.34. The van der Waals surface area contributed by atoms with E-state index >= 15 is 0 Å². The minimum atomic E-state index is -4.77. The van der Waals surface area contributed by atoms with Crippen LogP contribution in [0.25, 0.3) is 11.3 Å². The van der Waals surface area contributed by atoms with Gasteiger partial charge in [0.25, 0.3) is 0 Å². The molecule has 112 valence electrons. The van der Waals surface area contributed by atoms with Gasteiger partial charge in [-0.1, -0.05) is 23.7 Å². The van der Waals surface area contributed by atoms with Crippen LogP contribution in [0, 0.1) is 0 Å². The van der Waals surface area contributed by atoms with Gasteiger partial charge >= 0.3 is 6.18 Å². The zero-order valence-corrected chi connectivity index (χ0v) is 12.1. The van der Waals surface area contributed by atoms with E-state index in [1.807, 2.05) is 0 Å². The predicted molar refractivity (Wildman–Crippen MR) is 70.6 cm³/mol. The Labute approximate surface area is 123 Å². The minimum Gasteiger partial charge on any atom is -0.221 e. The molecule has 2 rings (SSSR count). The summed E-state index contributed by atoms with van der Waals surface area (Å²) in [6.07, 6.45) is -4.03. The molecule has 0 aliphatic heterocycles. The molecule has 0 fully saturated rings. The Hall–Kier alpha value is -1.67. The van der Waals surface area contributed by atoms with Crippen LogP contribution in [-0.2, 0) is 16.0 Å². The maximum Gasteiger partial charge on any atom is 0.433 e. The fourth-order valence-corrected chi connectivity index (χ4v) is 2.16. The summed E-state index contributed by atoms with van der Waals surface area (Å²) in [6.45, 7) is 0. The second-order valence-corrected chi connectivity index (χ2v) is 6.54. The van der Waals surface area contributed by atoms with Crippen LogP contribution in [0.1, 0.15) is 5.69 Å². The molecule has 1 aromatic heterocycles. The lowest BCUT2D eigenvalue weighted by Gasteiger charge is -2.10. The maximum absolute atomic E-state index is 12.8. The molecule has 1 aromatic carbocycles. The molecule has 0 atom stereocenters. The standard InChI is InChI=1S/C12H8ClF3N2O2S/c1-21(19,20)11-17-9(6-10(18-11)12(14,15)16)7-2-4-8(13)5-3-7/h2-6H,1H3. The lowest BCUT2D eigenvalue weighted by Crippen LogP contribution is -2.14. The lowest BCUT2D eigenvalue weighted by molar-refractivity contribution is -0.141. The third-order valence-corrected chi connectivity index (χ3v) is 3.57. The SMILES string of the molecule is CS(=O)(=O)c1nc(-c2ccc(Cl)cc2)cc(C(F)(F)F)n1. The highest BCUT2D eigenvalue weighted by Crippen LogP contribution is 2.31. The summed E-state index contributed by atoms with van der Waals surface area (Å²) in [7, 11) is -3.97. The Morgan fingerprint density at radius 1 is 1.10 bits per heavy atom. The highest BCUT2D eigenvalue weighted by molar-refractivity contribution is 7.90. The van der Waals surface area contributed by atoms with E-state index in [4.69, 9.17) is 11.6 Å². The highest BCUT2D eigenvalue weighted by atomic mass is 35.5. The first-order valence-electron chi connectivity index (χ1n) is 5.49. The monoisotopic (exact) mass is 336 g/mol. The van der Waals surface area contributed by atoms with Gasteiger partial charge < -0.3 is 0 Å². The number of benzene rings is 1. The summed E-state index contributed by atoms with van der Waals surface area (Å²) in [5.41, 5.74) is -1.16. The summed E-state index contributed by atoms with van der Waals surface area (Å²) in [5.74, 6) is 0. The van der Waals surface area contributed by atoms with Crippen LogP contribution in [0.2, 0.25) is 5.02 Å². The predicted octanol–water partition coefficient (Wildman–Crippen LogP) is 3.22. The zero-order valence-electron chi connectivity index (χ0n) is 10.5. The van der Waals surface area contributed by atoms with Gasteiger partial charge in [0.2, 0.25) is 15.0 Å². The van der Waals surface area contributed by atoms with Crippen LogP contribution >= 0.6 is 11.6 Å². The van der Waals surface area contributed by atoms with E-state index in [1.165, 1.54) is 24.3 Å². The van der Waals surface area contributed by atoms with E-state index < -0.39 is 26.9 Å². The van der Waals surface area contributed by atoms with Crippen molar-refractivity contribution in [2.45, 2.75) is 11.3 Å². The molecule has 0 unspecified atom stereocenters. The van der Waals surface area contributed by atoms with Gasteiger partial charge in [-0.25, -0.2) is 18.4 Å². The first-order valence-corrected chi connectivity index (χ1v) is 7.76. The van der Waals surface area contributed by atoms with E-state index in [0.29, 0.717) is 16.7 Å². The number of alkyl halides is 3. The van der Waals surface area contributed by atoms with E-state index in [2.05, 4.69) is 9.97 Å². The Balaban J connectivity index is 2.69. The quantitative estimate of drug-likeness (QED) is 0.790. The van der Waals surface area contributed by atoms with Crippen LogP contribution in [0.4, 0.5) is 13.2 Å². The van der Waals surface area contributed by atoms with Crippen LogP contribution in [0.15, 0.2) is 35.5 Å². The van der Waals surface area contributed by atoms with Crippen molar-refractivity contribution in [1.82, 2.24) is 9.97 Å². The second-order valence-electron chi connectivity index (χ2n) is 4.20. The van der Waals surface area contributed by atoms with Crippen molar-refractivity contribution in [3.05, 3.63) is 41.0 Å². The largest absolute Gasteiger partial charge is 0.433 e. The van der Waals surface area contributed by atoms with Gasteiger partial charge in [0.05, 0.1) is 5.69 Å².